The first kappa shape index (κ1) is 10.1. The fourth-order valence-electron chi connectivity index (χ4n) is 1.49. The van der Waals surface area contributed by atoms with Gasteiger partial charge in [-0.3, -0.25) is 0 Å². The summed E-state index contributed by atoms with van der Waals surface area (Å²) in [5, 5.41) is 16.5. The van der Waals surface area contributed by atoms with Gasteiger partial charge in [0.1, 0.15) is 11.8 Å². The average molecular weight is 211 g/mol. The van der Waals surface area contributed by atoms with E-state index in [0.717, 1.165) is 11.1 Å². The van der Waals surface area contributed by atoms with Crippen molar-refractivity contribution in [1.29, 1.82) is 5.26 Å². The van der Waals surface area contributed by atoms with Crippen LogP contribution in [0.5, 0.6) is 5.75 Å². The molecular formula is C12H9N3O. The van der Waals surface area contributed by atoms with Crippen molar-refractivity contribution in [2.45, 2.75) is 0 Å². The normalized spacial score (nSPS) is 9.50. The first-order chi connectivity index (χ1) is 7.86. The van der Waals surface area contributed by atoms with Crippen LogP contribution >= 0.6 is 0 Å². The smallest absolute Gasteiger partial charge is 0.126 e. The lowest BCUT2D eigenvalue weighted by molar-refractivity contribution is 0.416. The van der Waals surface area contributed by atoms with E-state index in [4.69, 9.17) is 10.00 Å². The highest BCUT2D eigenvalue weighted by Gasteiger charge is 2.09. The van der Waals surface area contributed by atoms with Gasteiger partial charge in [-0.1, -0.05) is 18.2 Å². The monoisotopic (exact) mass is 211 g/mol. The zero-order chi connectivity index (χ0) is 11.4. The van der Waals surface area contributed by atoms with Crippen LogP contribution in [-0.4, -0.2) is 17.3 Å². The van der Waals surface area contributed by atoms with Crippen LogP contribution in [0.15, 0.2) is 36.7 Å². The summed E-state index contributed by atoms with van der Waals surface area (Å²) in [6.07, 6.45) is 3.01. The number of nitrogens with zero attached hydrogens (tertiary/aromatic N) is 3. The molecule has 16 heavy (non-hydrogen) atoms. The second kappa shape index (κ2) is 4.41. The maximum Gasteiger partial charge on any atom is 0.126 e. The summed E-state index contributed by atoms with van der Waals surface area (Å²) >= 11 is 0. The molecule has 2 aromatic rings. The van der Waals surface area contributed by atoms with Crippen LogP contribution < -0.4 is 4.74 Å². The molecule has 2 rings (SSSR count). The van der Waals surface area contributed by atoms with Gasteiger partial charge < -0.3 is 4.74 Å². The first-order valence-electron chi connectivity index (χ1n) is 4.71. The Kier molecular flexibility index (Phi) is 2.79. The molecule has 78 valence electrons. The van der Waals surface area contributed by atoms with Gasteiger partial charge in [-0.05, 0) is 6.07 Å². The molecular weight excluding hydrogens is 202 g/mol. The Morgan fingerprint density at radius 2 is 1.88 bits per heavy atom. The van der Waals surface area contributed by atoms with E-state index in [0.29, 0.717) is 11.3 Å². The second-order valence-electron chi connectivity index (χ2n) is 3.13. The minimum Gasteiger partial charge on any atom is -0.496 e. The lowest BCUT2D eigenvalue weighted by Crippen LogP contribution is -1.92. The predicted octanol–water partition coefficient (Wildman–Crippen LogP) is 2.02. The molecule has 1 aromatic carbocycles. The van der Waals surface area contributed by atoms with E-state index in [1.807, 2.05) is 24.3 Å². The van der Waals surface area contributed by atoms with Crippen molar-refractivity contribution in [3.63, 3.8) is 0 Å². The molecule has 0 aliphatic heterocycles. The zero-order valence-electron chi connectivity index (χ0n) is 8.71. The SMILES string of the molecule is COc1ccccc1-c1cnncc1C#N. The molecule has 0 saturated heterocycles. The minimum atomic E-state index is 0.486. The summed E-state index contributed by atoms with van der Waals surface area (Å²) < 4.78 is 5.24. The van der Waals surface area contributed by atoms with Crippen LogP contribution in [0.3, 0.4) is 0 Å². The topological polar surface area (TPSA) is 58.8 Å². The number of nitriles is 1. The van der Waals surface area contributed by atoms with E-state index in [1.54, 1.807) is 13.3 Å². The first-order valence-corrected chi connectivity index (χ1v) is 4.71. The van der Waals surface area contributed by atoms with Crippen molar-refractivity contribution >= 4 is 0 Å². The molecule has 0 unspecified atom stereocenters. The molecule has 1 heterocycles. The fraction of sp³-hybridized carbons (Fsp3) is 0.0833. The van der Waals surface area contributed by atoms with Crippen molar-refractivity contribution in [3.05, 3.63) is 42.2 Å². The third kappa shape index (κ3) is 1.71. The van der Waals surface area contributed by atoms with Gasteiger partial charge in [-0.15, -0.1) is 0 Å². The molecule has 0 radical (unpaired) electrons. The predicted molar refractivity (Wildman–Crippen MR) is 58.7 cm³/mol. The molecule has 0 aliphatic rings. The molecule has 4 nitrogen and oxygen atoms in total. The van der Waals surface area contributed by atoms with E-state index in [-0.39, 0.29) is 0 Å². The Hall–Kier alpha value is -2.41. The van der Waals surface area contributed by atoms with E-state index in [2.05, 4.69) is 16.3 Å². The Labute approximate surface area is 93.1 Å². The number of benzene rings is 1. The lowest BCUT2D eigenvalue weighted by Gasteiger charge is -2.08. The molecule has 0 bridgehead atoms. The van der Waals surface area contributed by atoms with E-state index in [1.165, 1.54) is 6.20 Å². The van der Waals surface area contributed by atoms with Crippen LogP contribution in [0.4, 0.5) is 0 Å². The van der Waals surface area contributed by atoms with Gasteiger partial charge in [0.05, 0.1) is 25.1 Å². The number of ether oxygens (including phenoxy) is 1. The summed E-state index contributed by atoms with van der Waals surface area (Å²) in [4.78, 5) is 0. The van der Waals surface area contributed by atoms with Crippen LogP contribution in [-0.2, 0) is 0 Å². The highest BCUT2D eigenvalue weighted by Crippen LogP contribution is 2.30. The quantitative estimate of drug-likeness (QED) is 0.762. The third-order valence-electron chi connectivity index (χ3n) is 2.25. The van der Waals surface area contributed by atoms with Gasteiger partial charge >= 0.3 is 0 Å². The number of hydrogen-bond donors (Lipinski definition) is 0. The maximum atomic E-state index is 8.98. The number of rotatable bonds is 2. The highest BCUT2D eigenvalue weighted by molar-refractivity contribution is 5.74. The Morgan fingerprint density at radius 3 is 2.62 bits per heavy atom. The number of methoxy groups -OCH3 is 1. The Balaban J connectivity index is 2.64. The van der Waals surface area contributed by atoms with Crippen molar-refractivity contribution in [3.8, 4) is 22.9 Å². The van der Waals surface area contributed by atoms with Crippen LogP contribution in [0.25, 0.3) is 11.1 Å². The van der Waals surface area contributed by atoms with E-state index < -0.39 is 0 Å². The zero-order valence-corrected chi connectivity index (χ0v) is 8.71. The van der Waals surface area contributed by atoms with Crippen molar-refractivity contribution in [1.82, 2.24) is 10.2 Å². The largest absolute Gasteiger partial charge is 0.496 e. The average Bonchev–Trinajstić information content (AvgIpc) is 2.38. The highest BCUT2D eigenvalue weighted by atomic mass is 16.5. The summed E-state index contributed by atoms with van der Waals surface area (Å²) in [5.74, 6) is 0.715. The summed E-state index contributed by atoms with van der Waals surface area (Å²) in [5.41, 5.74) is 2.06. The molecule has 0 spiro atoms. The molecule has 0 fully saturated rings. The molecule has 0 saturated carbocycles. The molecule has 1 aromatic heterocycles. The van der Waals surface area contributed by atoms with Gasteiger partial charge in [0.15, 0.2) is 0 Å². The van der Waals surface area contributed by atoms with Gasteiger partial charge in [-0.25, -0.2) is 0 Å². The van der Waals surface area contributed by atoms with Crippen LogP contribution in [0, 0.1) is 11.3 Å². The third-order valence-corrected chi connectivity index (χ3v) is 2.25. The molecule has 4 heteroatoms. The standard InChI is InChI=1S/C12H9N3O/c1-16-12-5-3-2-4-10(12)11-8-15-14-7-9(11)6-13/h2-5,7-8H,1H3. The van der Waals surface area contributed by atoms with Crippen LogP contribution in [0.1, 0.15) is 5.56 Å². The van der Waals surface area contributed by atoms with Gasteiger partial charge in [-0.2, -0.15) is 15.5 Å². The van der Waals surface area contributed by atoms with E-state index in [9.17, 15) is 0 Å². The lowest BCUT2D eigenvalue weighted by atomic mass is 10.0. The maximum absolute atomic E-state index is 8.98. The van der Waals surface area contributed by atoms with Gasteiger partial charge in [0, 0.05) is 11.1 Å². The van der Waals surface area contributed by atoms with Crippen molar-refractivity contribution < 1.29 is 4.74 Å². The Bertz CT molecular complexity index is 546. The van der Waals surface area contributed by atoms with Crippen molar-refractivity contribution in [2.75, 3.05) is 7.11 Å². The van der Waals surface area contributed by atoms with E-state index >= 15 is 0 Å². The van der Waals surface area contributed by atoms with Crippen molar-refractivity contribution in [2.24, 2.45) is 0 Å². The molecule has 0 N–H and O–H groups in total. The summed E-state index contributed by atoms with van der Waals surface area (Å²) in [6, 6.07) is 9.58. The minimum absolute atomic E-state index is 0.486. The van der Waals surface area contributed by atoms with Gasteiger partial charge in [0.25, 0.3) is 0 Å². The molecule has 0 aliphatic carbocycles. The molecule has 0 atom stereocenters. The fourth-order valence-corrected chi connectivity index (χ4v) is 1.49. The number of aromatic nitrogens is 2. The van der Waals surface area contributed by atoms with Gasteiger partial charge in [0.2, 0.25) is 0 Å². The summed E-state index contributed by atoms with van der Waals surface area (Å²) in [6.45, 7) is 0. The number of hydrogen-bond acceptors (Lipinski definition) is 4. The Morgan fingerprint density at radius 1 is 1.12 bits per heavy atom. The number of para-hydroxylation sites is 1. The second-order valence-corrected chi connectivity index (χ2v) is 3.13. The summed E-state index contributed by atoms with van der Waals surface area (Å²) in [7, 11) is 1.60. The van der Waals surface area contributed by atoms with Crippen LogP contribution in [0.2, 0.25) is 0 Å². The molecule has 0 amide bonds.